The number of alkyl carbamates (subject to hydrolysis) is 1. The molecule has 0 unspecified atom stereocenters. The Morgan fingerprint density at radius 3 is 2.48 bits per heavy atom. The van der Waals surface area contributed by atoms with Crippen LogP contribution >= 0.6 is 11.3 Å². The summed E-state index contributed by atoms with van der Waals surface area (Å²) in [7, 11) is 0. The minimum absolute atomic E-state index is 0.0468. The van der Waals surface area contributed by atoms with Gasteiger partial charge in [0.15, 0.2) is 5.13 Å². The van der Waals surface area contributed by atoms with Crippen LogP contribution in [-0.4, -0.2) is 41.2 Å². The maximum Gasteiger partial charge on any atom is 0.408 e. The van der Waals surface area contributed by atoms with Crippen molar-refractivity contribution in [3.05, 3.63) is 11.1 Å². The van der Waals surface area contributed by atoms with E-state index < -0.39 is 17.7 Å². The molecule has 0 bridgehead atoms. The number of carbonyl (C=O) groups excluding carboxylic acids is 3. The number of nitrogens with zero attached hydrogens (tertiary/aromatic N) is 1. The van der Waals surface area contributed by atoms with E-state index in [0.717, 1.165) is 0 Å². The molecule has 152 valence electrons. The molecule has 2 amide bonds. The second kappa shape index (κ2) is 10.2. The average Bonchev–Trinajstić information content (AvgIpc) is 2.97. The van der Waals surface area contributed by atoms with E-state index in [4.69, 9.17) is 9.47 Å². The Balaban J connectivity index is 2.75. The lowest BCUT2D eigenvalue weighted by molar-refractivity contribution is -0.142. The van der Waals surface area contributed by atoms with Gasteiger partial charge in [0.25, 0.3) is 0 Å². The second-order valence-corrected chi connectivity index (χ2v) is 7.98. The quantitative estimate of drug-likeness (QED) is 0.651. The predicted octanol–water partition coefficient (Wildman–Crippen LogP) is 3.13. The Morgan fingerprint density at radius 1 is 1.26 bits per heavy atom. The molecule has 9 heteroatoms. The highest BCUT2D eigenvalue weighted by molar-refractivity contribution is 7.13. The monoisotopic (exact) mass is 399 g/mol. The maximum atomic E-state index is 12.6. The van der Waals surface area contributed by atoms with E-state index in [0.29, 0.717) is 23.9 Å². The summed E-state index contributed by atoms with van der Waals surface area (Å²) in [5.74, 6) is -0.853. The van der Waals surface area contributed by atoms with Crippen LogP contribution in [0.4, 0.5) is 9.93 Å². The average molecular weight is 400 g/mol. The molecule has 8 nitrogen and oxygen atoms in total. The van der Waals surface area contributed by atoms with Crippen molar-refractivity contribution in [3.8, 4) is 0 Å². The highest BCUT2D eigenvalue weighted by Crippen LogP contribution is 2.18. The molecular weight excluding hydrogens is 370 g/mol. The first-order valence-corrected chi connectivity index (χ1v) is 9.84. The van der Waals surface area contributed by atoms with Crippen molar-refractivity contribution in [2.75, 3.05) is 11.9 Å². The number of hydrogen-bond donors (Lipinski definition) is 2. The fourth-order valence-electron chi connectivity index (χ4n) is 2.13. The van der Waals surface area contributed by atoms with Crippen molar-refractivity contribution in [3.63, 3.8) is 0 Å². The lowest BCUT2D eigenvalue weighted by Gasteiger charge is -2.25. The molecule has 1 rings (SSSR count). The molecule has 27 heavy (non-hydrogen) atoms. The van der Waals surface area contributed by atoms with Crippen molar-refractivity contribution in [1.29, 1.82) is 0 Å². The van der Waals surface area contributed by atoms with Crippen molar-refractivity contribution in [2.24, 2.45) is 5.92 Å². The van der Waals surface area contributed by atoms with Crippen LogP contribution in [-0.2, 0) is 25.5 Å². The normalized spacial score (nSPS) is 13.4. The zero-order chi connectivity index (χ0) is 20.6. The van der Waals surface area contributed by atoms with Crippen molar-refractivity contribution >= 4 is 34.4 Å². The largest absolute Gasteiger partial charge is 0.466 e. The van der Waals surface area contributed by atoms with Gasteiger partial charge in [0.2, 0.25) is 5.91 Å². The molecule has 0 aliphatic heterocycles. The summed E-state index contributed by atoms with van der Waals surface area (Å²) in [5, 5.41) is 7.37. The van der Waals surface area contributed by atoms with E-state index in [9.17, 15) is 14.4 Å². The number of thiazole rings is 1. The van der Waals surface area contributed by atoms with Gasteiger partial charge in [-0.25, -0.2) is 9.78 Å². The lowest BCUT2D eigenvalue weighted by Crippen LogP contribution is -2.49. The summed E-state index contributed by atoms with van der Waals surface area (Å²) < 4.78 is 10.1. The van der Waals surface area contributed by atoms with Gasteiger partial charge in [-0.2, -0.15) is 0 Å². The van der Waals surface area contributed by atoms with Crippen LogP contribution in [0.5, 0.6) is 0 Å². The summed E-state index contributed by atoms with van der Waals surface area (Å²) in [5.41, 5.74) is -0.133. The molecule has 0 saturated carbocycles. The third-order valence-electron chi connectivity index (χ3n) is 3.58. The number of anilines is 1. The van der Waals surface area contributed by atoms with E-state index in [2.05, 4.69) is 15.6 Å². The number of amides is 2. The summed E-state index contributed by atoms with van der Waals surface area (Å²) in [4.78, 5) is 40.4. The summed E-state index contributed by atoms with van der Waals surface area (Å²) in [6.07, 6.45) is 0.0930. The van der Waals surface area contributed by atoms with Gasteiger partial charge in [0.1, 0.15) is 11.6 Å². The molecule has 1 aromatic heterocycles. The molecule has 1 heterocycles. The zero-order valence-electron chi connectivity index (χ0n) is 16.8. The van der Waals surface area contributed by atoms with Crippen LogP contribution in [0, 0.1) is 5.92 Å². The number of ether oxygens (including phenoxy) is 2. The lowest BCUT2D eigenvalue weighted by atomic mass is 9.98. The van der Waals surface area contributed by atoms with Crippen molar-refractivity contribution in [2.45, 2.75) is 66.0 Å². The third kappa shape index (κ3) is 8.38. The van der Waals surface area contributed by atoms with Crippen LogP contribution in [0.25, 0.3) is 0 Å². The Labute approximate surface area is 164 Å². The SMILES string of the molecule is CCOC(=O)Cc1csc(NC(=O)[C@@H](NC(=O)OC(C)(C)C)[C@H](C)CC)n1. The summed E-state index contributed by atoms with van der Waals surface area (Å²) >= 11 is 1.21. The Bertz CT molecular complexity index is 654. The van der Waals surface area contributed by atoms with Crippen LogP contribution in [0.1, 0.15) is 53.7 Å². The molecular formula is C18H29N3O5S. The highest BCUT2D eigenvalue weighted by Gasteiger charge is 2.28. The highest BCUT2D eigenvalue weighted by atomic mass is 32.1. The Hall–Kier alpha value is -2.16. The molecule has 0 spiro atoms. The predicted molar refractivity (Wildman–Crippen MR) is 104 cm³/mol. The maximum absolute atomic E-state index is 12.6. The minimum Gasteiger partial charge on any atom is -0.466 e. The Kier molecular flexibility index (Phi) is 8.68. The van der Waals surface area contributed by atoms with Crippen LogP contribution in [0.2, 0.25) is 0 Å². The topological polar surface area (TPSA) is 107 Å². The molecule has 1 aromatic rings. The fourth-order valence-corrected chi connectivity index (χ4v) is 2.84. The van der Waals surface area contributed by atoms with Gasteiger partial charge in [-0.1, -0.05) is 20.3 Å². The molecule has 0 fully saturated rings. The van der Waals surface area contributed by atoms with E-state index >= 15 is 0 Å². The van der Waals surface area contributed by atoms with E-state index in [-0.39, 0.29) is 24.2 Å². The number of esters is 1. The number of nitrogens with one attached hydrogen (secondary N) is 2. The van der Waals surface area contributed by atoms with Gasteiger partial charge in [-0.3, -0.25) is 9.59 Å². The van der Waals surface area contributed by atoms with Gasteiger partial charge in [0.05, 0.1) is 18.7 Å². The van der Waals surface area contributed by atoms with E-state index in [1.807, 2.05) is 13.8 Å². The van der Waals surface area contributed by atoms with Crippen LogP contribution in [0.15, 0.2) is 5.38 Å². The number of carbonyl (C=O) groups is 3. The van der Waals surface area contributed by atoms with Gasteiger partial charge in [-0.15, -0.1) is 11.3 Å². The first-order valence-electron chi connectivity index (χ1n) is 8.96. The molecule has 0 aliphatic carbocycles. The summed E-state index contributed by atoms with van der Waals surface area (Å²) in [6.45, 7) is 11.1. The molecule has 0 saturated heterocycles. The smallest absolute Gasteiger partial charge is 0.408 e. The number of aromatic nitrogens is 1. The summed E-state index contributed by atoms with van der Waals surface area (Å²) in [6, 6.07) is -0.762. The van der Waals surface area contributed by atoms with Crippen molar-refractivity contribution in [1.82, 2.24) is 10.3 Å². The zero-order valence-corrected chi connectivity index (χ0v) is 17.6. The van der Waals surface area contributed by atoms with Crippen LogP contribution < -0.4 is 10.6 Å². The minimum atomic E-state index is -0.762. The second-order valence-electron chi connectivity index (χ2n) is 7.12. The van der Waals surface area contributed by atoms with Gasteiger partial charge >= 0.3 is 12.1 Å². The third-order valence-corrected chi connectivity index (χ3v) is 4.39. The molecule has 2 N–H and O–H groups in total. The van der Waals surface area contributed by atoms with E-state index in [1.165, 1.54) is 11.3 Å². The Morgan fingerprint density at radius 2 is 1.93 bits per heavy atom. The molecule has 2 atom stereocenters. The van der Waals surface area contributed by atoms with E-state index in [1.54, 1.807) is 33.1 Å². The van der Waals surface area contributed by atoms with Crippen LogP contribution in [0.3, 0.4) is 0 Å². The fraction of sp³-hybridized carbons (Fsp3) is 0.667. The molecule has 0 aromatic carbocycles. The standard InChI is InChI=1S/C18H29N3O5S/c1-7-11(3)14(20-17(24)26-18(4,5)6)15(23)21-16-19-12(10-27-16)9-13(22)25-8-2/h10-11,14H,7-9H2,1-6H3,(H,20,24)(H,19,21,23)/t11-,14+/m1/s1. The molecule has 0 aliphatic rings. The first-order chi connectivity index (χ1) is 12.6. The molecule has 0 radical (unpaired) electrons. The van der Waals surface area contributed by atoms with Gasteiger partial charge in [-0.05, 0) is 33.6 Å². The van der Waals surface area contributed by atoms with Crippen molar-refractivity contribution < 1.29 is 23.9 Å². The first kappa shape index (κ1) is 22.9. The van der Waals surface area contributed by atoms with Gasteiger partial charge in [0, 0.05) is 5.38 Å². The number of hydrogen-bond acceptors (Lipinski definition) is 7. The van der Waals surface area contributed by atoms with Gasteiger partial charge < -0.3 is 20.1 Å². The number of rotatable bonds is 8.